The number of hydrazine groups is 1. The maximum atomic E-state index is 15.4. The largest absolute Gasteiger partial charge is 0.460 e. The van der Waals surface area contributed by atoms with Gasteiger partial charge in [-0.05, 0) is 106 Å². The molecule has 0 aliphatic heterocycles. The van der Waals surface area contributed by atoms with Gasteiger partial charge >= 0.3 is 18.6 Å². The predicted octanol–water partition coefficient (Wildman–Crippen LogP) is 7.02. The second kappa shape index (κ2) is 15.6. The minimum absolute atomic E-state index is 0.0654. The number of carbonyl (C=O) groups excluding carboxylic acids is 2. The van der Waals surface area contributed by atoms with Gasteiger partial charge in [-0.2, -0.15) is 13.9 Å². The highest BCUT2D eigenvalue weighted by Gasteiger charge is 2.30. The first-order valence-corrected chi connectivity index (χ1v) is 15.6. The van der Waals surface area contributed by atoms with Crippen molar-refractivity contribution in [3.05, 3.63) is 75.0 Å². The number of alkyl halides is 2. The first kappa shape index (κ1) is 37.2. The van der Waals surface area contributed by atoms with Crippen molar-refractivity contribution in [3.63, 3.8) is 0 Å². The van der Waals surface area contributed by atoms with Gasteiger partial charge in [-0.3, -0.25) is 10.2 Å². The van der Waals surface area contributed by atoms with E-state index in [1.54, 1.807) is 41.5 Å². The Bertz CT molecular complexity index is 1470. The fourth-order valence-electron chi connectivity index (χ4n) is 4.51. The number of ether oxygens (including phenoxy) is 2. The topological polar surface area (TPSA) is 106 Å². The van der Waals surface area contributed by atoms with E-state index in [1.165, 1.54) is 6.07 Å². The number of benzene rings is 2. The van der Waals surface area contributed by atoms with Crippen molar-refractivity contribution < 1.29 is 41.7 Å². The van der Waals surface area contributed by atoms with Crippen LogP contribution in [0.2, 0.25) is 0 Å². The molecular formula is C32H39F4IN4O5. The number of aliphatic hydroxyl groups is 1. The Balaban J connectivity index is 1.91. The van der Waals surface area contributed by atoms with Crippen LogP contribution in [-0.2, 0) is 27.2 Å². The van der Waals surface area contributed by atoms with Gasteiger partial charge in [0, 0.05) is 39.9 Å². The summed E-state index contributed by atoms with van der Waals surface area (Å²) in [7, 11) is 0. The van der Waals surface area contributed by atoms with E-state index in [4.69, 9.17) is 9.47 Å². The highest BCUT2D eigenvalue weighted by Crippen LogP contribution is 2.26. The molecule has 3 aromatic rings. The number of carbonyl (C=O) groups is 2. The Kier molecular flexibility index (Phi) is 12.6. The van der Waals surface area contributed by atoms with E-state index in [1.807, 2.05) is 24.3 Å². The monoisotopic (exact) mass is 762 g/mol. The van der Waals surface area contributed by atoms with Gasteiger partial charge in [0.05, 0.1) is 18.2 Å². The molecule has 252 valence electrons. The molecule has 1 amide bonds. The van der Waals surface area contributed by atoms with E-state index in [0.29, 0.717) is 4.68 Å². The van der Waals surface area contributed by atoms with Crippen LogP contribution < -0.4 is 5.43 Å². The third kappa shape index (κ3) is 11.8. The summed E-state index contributed by atoms with van der Waals surface area (Å²) in [5.41, 5.74) is 1.01. The molecular weight excluding hydrogens is 723 g/mol. The van der Waals surface area contributed by atoms with E-state index < -0.39 is 65.6 Å². The fourth-order valence-corrected chi connectivity index (χ4v) is 4.87. The Hall–Kier alpha value is -3.24. The Morgan fingerprint density at radius 3 is 2.11 bits per heavy atom. The van der Waals surface area contributed by atoms with Crippen molar-refractivity contribution >= 4 is 34.7 Å². The number of nitrogens with zero attached hydrogens (tertiary/aromatic N) is 3. The first-order chi connectivity index (χ1) is 21.3. The molecule has 0 spiro atoms. The van der Waals surface area contributed by atoms with E-state index in [2.05, 4.69) is 33.1 Å². The number of hydrogen-bond acceptors (Lipinski definition) is 7. The highest BCUT2D eigenvalue weighted by molar-refractivity contribution is 14.1. The molecule has 0 saturated carbocycles. The van der Waals surface area contributed by atoms with Crippen LogP contribution in [0.25, 0.3) is 11.3 Å². The van der Waals surface area contributed by atoms with Crippen molar-refractivity contribution in [1.82, 2.24) is 20.2 Å². The molecule has 0 unspecified atom stereocenters. The zero-order chi connectivity index (χ0) is 34.4. The lowest BCUT2D eigenvalue weighted by Crippen LogP contribution is -2.49. The summed E-state index contributed by atoms with van der Waals surface area (Å²) in [6.07, 6.45) is -1.14. The van der Waals surface area contributed by atoms with Crippen LogP contribution in [0.5, 0.6) is 0 Å². The molecule has 0 aliphatic carbocycles. The molecule has 0 radical (unpaired) electrons. The number of nitrogens with one attached hydrogen (secondary N) is 1. The van der Waals surface area contributed by atoms with Crippen molar-refractivity contribution in [1.29, 1.82) is 0 Å². The normalized spacial score (nSPS) is 13.5. The lowest BCUT2D eigenvalue weighted by Gasteiger charge is -2.31. The molecule has 0 fully saturated rings. The minimum Gasteiger partial charge on any atom is -0.460 e. The van der Waals surface area contributed by atoms with Crippen molar-refractivity contribution in [2.45, 2.75) is 84.8 Å². The molecule has 0 bridgehead atoms. The molecule has 14 heteroatoms. The summed E-state index contributed by atoms with van der Waals surface area (Å²) in [6, 6.07) is 10.6. The quantitative estimate of drug-likeness (QED) is 0.0885. The molecule has 0 saturated heterocycles. The zero-order valence-corrected chi connectivity index (χ0v) is 28.6. The van der Waals surface area contributed by atoms with Crippen LogP contribution in [0.15, 0.2) is 48.7 Å². The smallest absolute Gasteiger partial charge is 0.422 e. The van der Waals surface area contributed by atoms with Gasteiger partial charge in [-0.1, -0.05) is 12.1 Å². The van der Waals surface area contributed by atoms with Crippen LogP contribution in [0.3, 0.4) is 0 Å². The van der Waals surface area contributed by atoms with Crippen molar-refractivity contribution in [2.24, 2.45) is 5.92 Å². The third-order valence-electron chi connectivity index (χ3n) is 6.45. The minimum atomic E-state index is -2.92. The van der Waals surface area contributed by atoms with Gasteiger partial charge < -0.3 is 14.6 Å². The molecule has 0 aliphatic rings. The summed E-state index contributed by atoms with van der Waals surface area (Å²) in [6.45, 7) is 6.25. The van der Waals surface area contributed by atoms with Gasteiger partial charge in [0.1, 0.15) is 22.8 Å². The molecule has 2 atom stereocenters. The maximum Gasteiger partial charge on any atom is 0.422 e. The van der Waals surface area contributed by atoms with Crippen LogP contribution in [0.4, 0.5) is 22.4 Å². The average molecular weight is 763 g/mol. The number of amides is 1. The molecule has 1 heterocycles. The summed E-state index contributed by atoms with van der Waals surface area (Å²) < 4.78 is 68.8. The second-order valence-electron chi connectivity index (χ2n) is 12.8. The van der Waals surface area contributed by atoms with E-state index in [0.717, 1.165) is 32.5 Å². The fraction of sp³-hybridized carbons (Fsp3) is 0.469. The van der Waals surface area contributed by atoms with Crippen LogP contribution in [0, 0.1) is 21.1 Å². The highest BCUT2D eigenvalue weighted by atomic mass is 127. The summed E-state index contributed by atoms with van der Waals surface area (Å²) in [4.78, 5) is 25.6. The molecule has 9 nitrogen and oxygen atoms in total. The summed E-state index contributed by atoms with van der Waals surface area (Å²) >= 11 is 2.16. The maximum absolute atomic E-state index is 15.4. The van der Waals surface area contributed by atoms with E-state index in [-0.39, 0.29) is 30.6 Å². The molecule has 1 aromatic heterocycles. The van der Waals surface area contributed by atoms with Gasteiger partial charge in [0.2, 0.25) is 0 Å². The average Bonchev–Trinajstić information content (AvgIpc) is 3.40. The Morgan fingerprint density at radius 2 is 1.59 bits per heavy atom. The molecule has 2 aromatic carbocycles. The number of esters is 1. The summed E-state index contributed by atoms with van der Waals surface area (Å²) in [5, 5.41) is 16.2. The first-order valence-electron chi connectivity index (χ1n) is 14.5. The lowest BCUT2D eigenvalue weighted by atomic mass is 9.90. The van der Waals surface area contributed by atoms with Gasteiger partial charge in [-0.25, -0.2) is 23.3 Å². The van der Waals surface area contributed by atoms with Crippen molar-refractivity contribution in [2.75, 3.05) is 6.54 Å². The number of hydrogen-bond donors (Lipinski definition) is 2. The Morgan fingerprint density at radius 1 is 1.00 bits per heavy atom. The third-order valence-corrected chi connectivity index (χ3v) is 7.17. The van der Waals surface area contributed by atoms with Gasteiger partial charge in [0.15, 0.2) is 0 Å². The predicted molar refractivity (Wildman–Crippen MR) is 171 cm³/mol. The molecule has 3 rings (SSSR count). The van der Waals surface area contributed by atoms with Crippen LogP contribution in [-0.4, -0.2) is 55.8 Å². The van der Waals surface area contributed by atoms with Crippen LogP contribution >= 0.6 is 22.6 Å². The number of rotatable bonds is 12. The number of aromatic nitrogens is 2. The zero-order valence-electron chi connectivity index (χ0n) is 26.5. The summed E-state index contributed by atoms with van der Waals surface area (Å²) in [5.74, 6) is -3.32. The number of aliphatic hydroxyl groups excluding tert-OH is 1. The van der Waals surface area contributed by atoms with E-state index >= 15 is 8.78 Å². The second-order valence-corrected chi connectivity index (χ2v) is 14.1. The van der Waals surface area contributed by atoms with Gasteiger partial charge in [-0.15, -0.1) is 0 Å². The standard InChI is InChI=1S/C32H39F4IN4O5/c1-31(2,3)45-28(43)16-21(13-19-7-9-22(37)10-8-19)27(42)18-40(39-30(44)46-32(4,5)6)17-23-24(33)14-20(15-25(23)34)26-11-12-41(38-26)29(35)36/h7-12,14-15,21,27,29,42H,13,16-18H2,1-6H3,(H,39,44)/t21-,27+/m1/s1. The van der Waals surface area contributed by atoms with Crippen LogP contribution in [0.1, 0.15) is 65.6 Å². The van der Waals surface area contributed by atoms with E-state index in [9.17, 15) is 23.5 Å². The molecule has 2 N–H and O–H groups in total. The van der Waals surface area contributed by atoms with Gasteiger partial charge in [0.25, 0.3) is 0 Å². The molecule has 46 heavy (non-hydrogen) atoms. The van der Waals surface area contributed by atoms with Crippen molar-refractivity contribution in [3.8, 4) is 11.3 Å². The number of halogens is 5. The SMILES string of the molecule is CC(C)(C)OC(=O)C[C@@H](Cc1ccc(I)cc1)[C@@H](O)CN(Cc1c(F)cc(-c2ccn(C(F)F)n2)cc1F)NC(=O)OC(C)(C)C. The Labute approximate surface area is 279 Å². The lowest BCUT2D eigenvalue weighted by molar-refractivity contribution is -0.157.